The van der Waals surface area contributed by atoms with Crippen LogP contribution in [0.3, 0.4) is 0 Å². The number of hydrogen-bond acceptors (Lipinski definition) is 3. The Morgan fingerprint density at radius 2 is 2.46 bits per heavy atom. The van der Waals surface area contributed by atoms with Crippen LogP contribution in [-0.2, 0) is 6.42 Å². The van der Waals surface area contributed by atoms with Crippen LogP contribution in [0.25, 0.3) is 0 Å². The summed E-state index contributed by atoms with van der Waals surface area (Å²) in [6, 6.07) is 6.61. The summed E-state index contributed by atoms with van der Waals surface area (Å²) in [5.41, 5.74) is 2.50. The zero-order valence-corrected chi connectivity index (χ0v) is 8.40. The number of benzene rings is 1. The van der Waals surface area contributed by atoms with Crippen molar-refractivity contribution in [3.8, 4) is 0 Å². The van der Waals surface area contributed by atoms with Crippen molar-refractivity contribution in [2.75, 3.05) is 18.2 Å². The molecule has 1 aliphatic heterocycles. The van der Waals surface area contributed by atoms with E-state index in [1.165, 1.54) is 16.1 Å². The van der Waals surface area contributed by atoms with Gasteiger partial charge in [-0.1, -0.05) is 0 Å². The Labute approximate surface area is 82.4 Å². The van der Waals surface area contributed by atoms with Crippen molar-refractivity contribution in [1.82, 2.24) is 0 Å². The Kier molecular flexibility index (Phi) is 2.47. The molecule has 1 atom stereocenters. The second-order valence-electron chi connectivity index (χ2n) is 3.25. The molecule has 3 heteroatoms. The third kappa shape index (κ3) is 1.67. The van der Waals surface area contributed by atoms with Crippen LogP contribution in [0, 0.1) is 0 Å². The maximum absolute atomic E-state index is 9.00. The van der Waals surface area contributed by atoms with Gasteiger partial charge in [0, 0.05) is 10.6 Å². The van der Waals surface area contributed by atoms with E-state index in [0.29, 0.717) is 0 Å². The van der Waals surface area contributed by atoms with Gasteiger partial charge in [-0.15, -0.1) is 11.8 Å². The Morgan fingerprint density at radius 1 is 1.62 bits per heavy atom. The molecule has 0 aromatic heterocycles. The van der Waals surface area contributed by atoms with Gasteiger partial charge in [0.1, 0.15) is 0 Å². The second kappa shape index (κ2) is 3.60. The van der Waals surface area contributed by atoms with Crippen molar-refractivity contribution in [2.24, 2.45) is 0 Å². The lowest BCUT2D eigenvalue weighted by Crippen LogP contribution is -2.19. The Hall–Kier alpha value is -0.670. The third-order valence-electron chi connectivity index (χ3n) is 2.36. The highest BCUT2D eigenvalue weighted by Gasteiger charge is 2.19. The number of fused-ring (bicyclic) bond motifs is 1. The predicted molar refractivity (Wildman–Crippen MR) is 56.4 cm³/mol. The lowest BCUT2D eigenvalue weighted by Gasteiger charge is -2.05. The normalized spacial score (nSPS) is 19.7. The van der Waals surface area contributed by atoms with Gasteiger partial charge in [-0.3, -0.25) is 0 Å². The molecular formula is C10H13NOS. The Morgan fingerprint density at radius 3 is 3.15 bits per heavy atom. The van der Waals surface area contributed by atoms with E-state index in [9.17, 15) is 0 Å². The fourth-order valence-electron chi connectivity index (χ4n) is 1.65. The topological polar surface area (TPSA) is 32.3 Å². The summed E-state index contributed by atoms with van der Waals surface area (Å²) in [5, 5.41) is 12.3. The molecule has 70 valence electrons. The zero-order chi connectivity index (χ0) is 9.26. The van der Waals surface area contributed by atoms with Crippen LogP contribution in [0.1, 0.15) is 5.56 Å². The minimum atomic E-state index is 0.212. The number of anilines is 1. The number of hydrogen-bond donors (Lipinski definition) is 2. The SMILES string of the molecule is CSc1ccc2c(c1)C[C@@H](CO)N2. The fraction of sp³-hybridized carbons (Fsp3) is 0.400. The summed E-state index contributed by atoms with van der Waals surface area (Å²) in [4.78, 5) is 1.29. The van der Waals surface area contributed by atoms with Crippen molar-refractivity contribution < 1.29 is 5.11 Å². The molecule has 0 aliphatic carbocycles. The summed E-state index contributed by atoms with van der Waals surface area (Å²) in [6.07, 6.45) is 3.02. The number of aliphatic hydroxyl groups is 1. The van der Waals surface area contributed by atoms with E-state index in [1.54, 1.807) is 11.8 Å². The van der Waals surface area contributed by atoms with Gasteiger partial charge in [0.25, 0.3) is 0 Å². The zero-order valence-electron chi connectivity index (χ0n) is 7.58. The molecule has 0 radical (unpaired) electrons. The quantitative estimate of drug-likeness (QED) is 0.705. The maximum atomic E-state index is 9.00. The standard InChI is InChI=1S/C10H13NOS/c1-13-9-2-3-10-7(5-9)4-8(6-12)11-10/h2-3,5,8,11-12H,4,6H2,1H3/t8-/m0/s1. The average Bonchev–Trinajstić information content (AvgIpc) is 2.58. The molecule has 0 amide bonds. The van der Waals surface area contributed by atoms with E-state index < -0.39 is 0 Å². The van der Waals surface area contributed by atoms with E-state index >= 15 is 0 Å². The van der Waals surface area contributed by atoms with Crippen molar-refractivity contribution in [2.45, 2.75) is 17.4 Å². The van der Waals surface area contributed by atoms with Crippen molar-refractivity contribution in [1.29, 1.82) is 0 Å². The average molecular weight is 195 g/mol. The van der Waals surface area contributed by atoms with Crippen LogP contribution in [0.15, 0.2) is 23.1 Å². The summed E-state index contributed by atoms with van der Waals surface area (Å²) >= 11 is 1.75. The first-order valence-corrected chi connectivity index (χ1v) is 5.60. The third-order valence-corrected chi connectivity index (χ3v) is 3.08. The molecule has 0 saturated carbocycles. The molecule has 1 aliphatic rings. The summed E-state index contributed by atoms with van der Waals surface area (Å²) in [5.74, 6) is 0. The van der Waals surface area contributed by atoms with E-state index in [-0.39, 0.29) is 12.6 Å². The highest BCUT2D eigenvalue weighted by Crippen LogP contribution is 2.29. The molecule has 1 heterocycles. The van der Waals surface area contributed by atoms with Crippen LogP contribution in [0.5, 0.6) is 0 Å². The van der Waals surface area contributed by atoms with Crippen LogP contribution >= 0.6 is 11.8 Å². The van der Waals surface area contributed by atoms with Crippen molar-refractivity contribution in [3.63, 3.8) is 0 Å². The first-order chi connectivity index (χ1) is 6.33. The minimum Gasteiger partial charge on any atom is -0.394 e. The maximum Gasteiger partial charge on any atom is 0.0636 e. The summed E-state index contributed by atoms with van der Waals surface area (Å²) in [7, 11) is 0. The van der Waals surface area contributed by atoms with E-state index in [2.05, 4.69) is 29.8 Å². The van der Waals surface area contributed by atoms with Gasteiger partial charge in [-0.2, -0.15) is 0 Å². The molecule has 2 N–H and O–H groups in total. The molecule has 2 nitrogen and oxygen atoms in total. The molecule has 1 aromatic carbocycles. The van der Waals surface area contributed by atoms with Gasteiger partial charge in [-0.05, 0) is 36.4 Å². The van der Waals surface area contributed by atoms with Gasteiger partial charge in [0.05, 0.1) is 12.6 Å². The molecule has 13 heavy (non-hydrogen) atoms. The number of aliphatic hydroxyl groups excluding tert-OH is 1. The molecule has 0 spiro atoms. The number of nitrogens with one attached hydrogen (secondary N) is 1. The van der Waals surface area contributed by atoms with Crippen LogP contribution in [0.2, 0.25) is 0 Å². The van der Waals surface area contributed by atoms with E-state index in [1.807, 2.05) is 0 Å². The van der Waals surface area contributed by atoms with Crippen molar-refractivity contribution >= 4 is 17.4 Å². The van der Waals surface area contributed by atoms with Gasteiger partial charge in [0.15, 0.2) is 0 Å². The van der Waals surface area contributed by atoms with Gasteiger partial charge in [-0.25, -0.2) is 0 Å². The number of thioether (sulfide) groups is 1. The smallest absolute Gasteiger partial charge is 0.0636 e. The van der Waals surface area contributed by atoms with Crippen LogP contribution in [-0.4, -0.2) is 24.0 Å². The second-order valence-corrected chi connectivity index (χ2v) is 4.13. The number of rotatable bonds is 2. The minimum absolute atomic E-state index is 0.212. The highest BCUT2D eigenvalue weighted by atomic mass is 32.2. The van der Waals surface area contributed by atoms with Crippen molar-refractivity contribution in [3.05, 3.63) is 23.8 Å². The van der Waals surface area contributed by atoms with Gasteiger partial charge < -0.3 is 10.4 Å². The lowest BCUT2D eigenvalue weighted by atomic mass is 10.1. The Balaban J connectivity index is 2.25. The molecular weight excluding hydrogens is 182 g/mol. The highest BCUT2D eigenvalue weighted by molar-refractivity contribution is 7.98. The van der Waals surface area contributed by atoms with Crippen LogP contribution < -0.4 is 5.32 Å². The first kappa shape index (κ1) is 8.91. The monoisotopic (exact) mass is 195 g/mol. The molecule has 0 unspecified atom stereocenters. The largest absolute Gasteiger partial charge is 0.394 e. The summed E-state index contributed by atoms with van der Waals surface area (Å²) in [6.45, 7) is 0.212. The predicted octanol–water partition coefficient (Wildman–Crippen LogP) is 1.74. The lowest BCUT2D eigenvalue weighted by molar-refractivity contribution is 0.277. The van der Waals surface area contributed by atoms with E-state index in [0.717, 1.165) is 6.42 Å². The molecule has 1 aromatic rings. The molecule has 0 bridgehead atoms. The van der Waals surface area contributed by atoms with Gasteiger partial charge in [0.2, 0.25) is 0 Å². The molecule has 0 fully saturated rings. The van der Waals surface area contributed by atoms with Gasteiger partial charge >= 0.3 is 0 Å². The fourth-order valence-corrected chi connectivity index (χ4v) is 2.12. The molecule has 2 rings (SSSR count). The Bertz CT molecular complexity index is 314. The molecule has 0 saturated heterocycles. The summed E-state index contributed by atoms with van der Waals surface area (Å²) < 4.78 is 0. The van der Waals surface area contributed by atoms with E-state index in [4.69, 9.17) is 5.11 Å². The first-order valence-electron chi connectivity index (χ1n) is 4.38. The van der Waals surface area contributed by atoms with Crippen LogP contribution in [0.4, 0.5) is 5.69 Å².